The first kappa shape index (κ1) is 12.8. The molecule has 1 aromatic rings. The van der Waals surface area contributed by atoms with Gasteiger partial charge in [-0.1, -0.05) is 30.3 Å². The van der Waals surface area contributed by atoms with Gasteiger partial charge in [-0.3, -0.25) is 9.59 Å². The van der Waals surface area contributed by atoms with Crippen LogP contribution in [0, 0.1) is 0 Å². The highest BCUT2D eigenvalue weighted by Gasteiger charge is 2.06. The minimum Gasteiger partial charge on any atom is -0.456 e. The maximum Gasteiger partial charge on any atom is 0.374 e. The van der Waals surface area contributed by atoms with Gasteiger partial charge in [0.1, 0.15) is 6.61 Å². The van der Waals surface area contributed by atoms with E-state index in [0.717, 1.165) is 6.92 Å². The number of carbonyl (C=O) groups is 3. The van der Waals surface area contributed by atoms with E-state index in [-0.39, 0.29) is 12.4 Å². The smallest absolute Gasteiger partial charge is 0.374 e. The second-order valence-corrected chi connectivity index (χ2v) is 3.29. The maximum absolute atomic E-state index is 11.5. The van der Waals surface area contributed by atoms with E-state index < -0.39 is 11.8 Å². The molecule has 0 aromatic heterocycles. The van der Waals surface area contributed by atoms with Crippen molar-refractivity contribution in [3.63, 3.8) is 0 Å². The Hall–Kier alpha value is -2.23. The number of hydrogen-bond donors (Lipinski definition) is 0. The van der Waals surface area contributed by atoms with Crippen LogP contribution < -0.4 is 0 Å². The van der Waals surface area contributed by atoms with Crippen molar-refractivity contribution in [2.75, 3.05) is 6.61 Å². The lowest BCUT2D eigenvalue weighted by Gasteiger charge is -1.97. The Morgan fingerprint density at radius 3 is 2.41 bits per heavy atom. The zero-order valence-corrected chi connectivity index (χ0v) is 9.38. The Morgan fingerprint density at radius 1 is 1.18 bits per heavy atom. The van der Waals surface area contributed by atoms with Crippen molar-refractivity contribution in [2.45, 2.75) is 6.92 Å². The molecule has 0 bridgehead atoms. The van der Waals surface area contributed by atoms with Crippen LogP contribution >= 0.6 is 0 Å². The molecule has 1 aromatic carbocycles. The molecule has 0 spiro atoms. The number of ketones is 2. The maximum atomic E-state index is 11.5. The molecule has 1 rings (SSSR count). The second kappa shape index (κ2) is 6.37. The highest BCUT2D eigenvalue weighted by molar-refractivity contribution is 6.32. The van der Waals surface area contributed by atoms with Crippen molar-refractivity contribution in [3.8, 4) is 0 Å². The summed E-state index contributed by atoms with van der Waals surface area (Å²) in [5.74, 6) is -1.74. The highest BCUT2D eigenvalue weighted by Crippen LogP contribution is 2.00. The van der Waals surface area contributed by atoms with Gasteiger partial charge in [-0.05, 0) is 12.2 Å². The van der Waals surface area contributed by atoms with Crippen molar-refractivity contribution in [1.82, 2.24) is 0 Å². The van der Waals surface area contributed by atoms with E-state index in [4.69, 9.17) is 0 Å². The largest absolute Gasteiger partial charge is 0.456 e. The van der Waals surface area contributed by atoms with Crippen LogP contribution in [0.5, 0.6) is 0 Å². The van der Waals surface area contributed by atoms with E-state index in [1.807, 2.05) is 6.07 Å². The molecule has 0 saturated heterocycles. The van der Waals surface area contributed by atoms with E-state index in [1.54, 1.807) is 24.3 Å². The summed E-state index contributed by atoms with van der Waals surface area (Å²) in [6.07, 6.45) is 2.71. The number of carbonyl (C=O) groups excluding carboxylic acids is 3. The van der Waals surface area contributed by atoms with Crippen molar-refractivity contribution >= 4 is 17.5 Å². The molecular weight excluding hydrogens is 220 g/mol. The third-order valence-electron chi connectivity index (χ3n) is 1.93. The molecule has 0 aliphatic carbocycles. The van der Waals surface area contributed by atoms with E-state index in [1.165, 1.54) is 12.2 Å². The topological polar surface area (TPSA) is 60.4 Å². The van der Waals surface area contributed by atoms with E-state index in [0.29, 0.717) is 5.56 Å². The molecular formula is C13H12O4. The number of ether oxygens (including phenoxy) is 1. The minimum absolute atomic E-state index is 0.0863. The van der Waals surface area contributed by atoms with E-state index in [2.05, 4.69) is 4.74 Å². The van der Waals surface area contributed by atoms with Gasteiger partial charge in [-0.2, -0.15) is 0 Å². The van der Waals surface area contributed by atoms with Crippen LogP contribution in [-0.2, 0) is 14.3 Å². The third-order valence-corrected chi connectivity index (χ3v) is 1.93. The van der Waals surface area contributed by atoms with Crippen LogP contribution in [0.3, 0.4) is 0 Å². The SMILES string of the molecule is CC(=O)C(=O)OCC=CC(=O)c1ccccc1. The summed E-state index contributed by atoms with van der Waals surface area (Å²) in [6, 6.07) is 8.71. The fourth-order valence-corrected chi connectivity index (χ4v) is 1.08. The summed E-state index contributed by atoms with van der Waals surface area (Å²) in [6.45, 7) is 1.04. The van der Waals surface area contributed by atoms with Crippen LogP contribution in [0.25, 0.3) is 0 Å². The Bertz CT molecular complexity index is 446. The molecule has 17 heavy (non-hydrogen) atoms. The van der Waals surface area contributed by atoms with Crippen LogP contribution in [-0.4, -0.2) is 24.1 Å². The van der Waals surface area contributed by atoms with Gasteiger partial charge in [0, 0.05) is 12.5 Å². The second-order valence-electron chi connectivity index (χ2n) is 3.29. The van der Waals surface area contributed by atoms with Crippen LogP contribution in [0.1, 0.15) is 17.3 Å². The fourth-order valence-electron chi connectivity index (χ4n) is 1.08. The Morgan fingerprint density at radius 2 is 1.82 bits per heavy atom. The molecule has 0 amide bonds. The van der Waals surface area contributed by atoms with Crippen molar-refractivity contribution in [2.24, 2.45) is 0 Å². The van der Waals surface area contributed by atoms with Crippen molar-refractivity contribution < 1.29 is 19.1 Å². The molecule has 0 atom stereocenters. The molecule has 4 heteroatoms. The molecule has 0 unspecified atom stereocenters. The Kier molecular flexibility index (Phi) is 4.81. The van der Waals surface area contributed by atoms with Gasteiger partial charge in [0.25, 0.3) is 0 Å². The minimum atomic E-state index is -0.901. The molecule has 0 fully saturated rings. The molecule has 0 radical (unpaired) electrons. The van der Waals surface area contributed by atoms with Gasteiger partial charge in [0.2, 0.25) is 5.78 Å². The molecule has 0 saturated carbocycles. The van der Waals surface area contributed by atoms with Crippen LogP contribution in [0.4, 0.5) is 0 Å². The predicted octanol–water partition coefficient (Wildman–Crippen LogP) is 1.56. The van der Waals surface area contributed by atoms with Gasteiger partial charge in [-0.25, -0.2) is 4.79 Å². The number of Topliss-reactive ketones (excluding diaryl/α,β-unsaturated/α-hetero) is 1. The molecule has 0 heterocycles. The third kappa shape index (κ3) is 4.42. The average molecular weight is 232 g/mol. The number of allylic oxidation sites excluding steroid dienone is 1. The van der Waals surface area contributed by atoms with Gasteiger partial charge in [0.15, 0.2) is 5.78 Å². The molecule has 0 aliphatic rings. The lowest BCUT2D eigenvalue weighted by Crippen LogP contribution is -2.13. The van der Waals surface area contributed by atoms with Gasteiger partial charge in [0.05, 0.1) is 0 Å². The zero-order valence-electron chi connectivity index (χ0n) is 9.38. The first-order valence-corrected chi connectivity index (χ1v) is 5.05. The summed E-state index contributed by atoms with van der Waals surface area (Å²) >= 11 is 0. The van der Waals surface area contributed by atoms with E-state index >= 15 is 0 Å². The Balaban J connectivity index is 2.42. The molecule has 0 N–H and O–H groups in total. The monoisotopic (exact) mass is 232 g/mol. The molecule has 0 aliphatic heterocycles. The summed E-state index contributed by atoms with van der Waals surface area (Å²) in [5, 5.41) is 0. The van der Waals surface area contributed by atoms with Gasteiger partial charge < -0.3 is 4.74 Å². The normalized spacial score (nSPS) is 10.2. The number of benzene rings is 1. The van der Waals surface area contributed by atoms with Crippen molar-refractivity contribution in [3.05, 3.63) is 48.0 Å². The molecule has 4 nitrogen and oxygen atoms in total. The first-order chi connectivity index (χ1) is 8.11. The summed E-state index contributed by atoms with van der Waals surface area (Å²) in [7, 11) is 0. The standard InChI is InChI=1S/C13H12O4/c1-10(14)13(16)17-9-5-8-12(15)11-6-3-2-4-7-11/h2-8H,9H2,1H3. The number of hydrogen-bond acceptors (Lipinski definition) is 4. The average Bonchev–Trinajstić information content (AvgIpc) is 2.35. The Labute approximate surface area is 98.9 Å². The van der Waals surface area contributed by atoms with Gasteiger partial charge >= 0.3 is 5.97 Å². The summed E-state index contributed by atoms with van der Waals surface area (Å²) < 4.78 is 4.56. The predicted molar refractivity (Wildman–Crippen MR) is 61.6 cm³/mol. The van der Waals surface area contributed by atoms with Gasteiger partial charge in [-0.15, -0.1) is 0 Å². The molecule has 88 valence electrons. The summed E-state index contributed by atoms with van der Waals surface area (Å²) in [5.41, 5.74) is 0.557. The van der Waals surface area contributed by atoms with Crippen molar-refractivity contribution in [1.29, 1.82) is 0 Å². The zero-order chi connectivity index (χ0) is 12.7. The van der Waals surface area contributed by atoms with Crippen LogP contribution in [0.15, 0.2) is 42.5 Å². The number of esters is 1. The number of rotatable bonds is 5. The first-order valence-electron chi connectivity index (χ1n) is 5.05. The van der Waals surface area contributed by atoms with E-state index in [9.17, 15) is 14.4 Å². The summed E-state index contributed by atoms with van der Waals surface area (Å²) in [4.78, 5) is 32.8. The van der Waals surface area contributed by atoms with Crippen LogP contribution in [0.2, 0.25) is 0 Å². The quantitative estimate of drug-likeness (QED) is 0.334. The highest BCUT2D eigenvalue weighted by atomic mass is 16.5. The fraction of sp³-hybridized carbons (Fsp3) is 0.154. The lowest BCUT2D eigenvalue weighted by atomic mass is 10.1. The lowest BCUT2D eigenvalue weighted by molar-refractivity contribution is -0.151.